The third-order valence-corrected chi connectivity index (χ3v) is 16.9. The second-order valence-electron chi connectivity index (χ2n) is 23.3. The molecule has 5 heteroatoms. The molecule has 3 nitrogen and oxygen atoms in total. The molecule has 0 atom stereocenters. The monoisotopic (exact) mass is 934 g/mol. The smallest absolute Gasteiger partial charge is 0.257 e. The van der Waals surface area contributed by atoms with Crippen molar-refractivity contribution in [1.82, 2.24) is 4.57 Å². The van der Waals surface area contributed by atoms with Crippen molar-refractivity contribution >= 4 is 115 Å². The quantitative estimate of drug-likeness (QED) is 0.165. The van der Waals surface area contributed by atoms with Gasteiger partial charge < -0.3 is 13.9 Å². The van der Waals surface area contributed by atoms with Crippen molar-refractivity contribution in [3.05, 3.63) is 187 Å². The van der Waals surface area contributed by atoms with E-state index < -0.39 is 0 Å². The van der Waals surface area contributed by atoms with Crippen LogP contribution in [0.3, 0.4) is 0 Å². The highest BCUT2D eigenvalue weighted by atomic mass is 32.1. The van der Waals surface area contributed by atoms with Crippen molar-refractivity contribution in [3.8, 4) is 27.9 Å². The summed E-state index contributed by atoms with van der Waals surface area (Å²) in [5.41, 5.74) is 21.5. The van der Waals surface area contributed by atoms with E-state index >= 15 is 0 Å². The molecule has 2 aliphatic rings. The lowest BCUT2D eigenvalue weighted by atomic mass is 9.33. The fraction of sp³-hybridized carbons (Fsp3) is 0.182. The molecule has 0 amide bonds. The summed E-state index contributed by atoms with van der Waals surface area (Å²) in [6, 6.07) is 64.9. The first-order valence-electron chi connectivity index (χ1n) is 25.3. The van der Waals surface area contributed by atoms with E-state index in [-0.39, 0.29) is 23.0 Å². The number of nitrogens with zero attached hydrogens (tertiary/aromatic N) is 2. The molecule has 0 bridgehead atoms. The van der Waals surface area contributed by atoms with Crippen LogP contribution in [0.15, 0.2) is 174 Å². The molecule has 0 aliphatic carbocycles. The van der Waals surface area contributed by atoms with E-state index in [4.69, 9.17) is 4.42 Å². The van der Waals surface area contributed by atoms with Gasteiger partial charge in [0.05, 0.1) is 16.7 Å². The predicted molar refractivity (Wildman–Crippen MR) is 307 cm³/mol. The molecule has 0 saturated carbocycles. The van der Waals surface area contributed by atoms with Crippen molar-refractivity contribution in [2.24, 2.45) is 0 Å². The zero-order valence-corrected chi connectivity index (χ0v) is 42.8. The minimum Gasteiger partial charge on any atom is -0.457 e. The van der Waals surface area contributed by atoms with Crippen molar-refractivity contribution < 1.29 is 4.42 Å². The molecule has 0 N–H and O–H groups in total. The fourth-order valence-corrected chi connectivity index (χ4v) is 13.3. The summed E-state index contributed by atoms with van der Waals surface area (Å²) in [5.74, 6) is 0. The van der Waals surface area contributed by atoms with Gasteiger partial charge in [-0.25, -0.2) is 0 Å². The van der Waals surface area contributed by atoms with Crippen LogP contribution in [0.5, 0.6) is 0 Å². The zero-order chi connectivity index (χ0) is 48.5. The van der Waals surface area contributed by atoms with Gasteiger partial charge in [0.25, 0.3) is 6.71 Å². The molecule has 0 saturated heterocycles. The summed E-state index contributed by atoms with van der Waals surface area (Å²) in [6.45, 7) is 20.9. The Bertz CT molecular complexity index is 4180. The number of hydrogen-bond donors (Lipinski definition) is 0. The van der Waals surface area contributed by atoms with Crippen LogP contribution in [0.25, 0.3) is 91.9 Å². The lowest BCUT2D eigenvalue weighted by molar-refractivity contribution is 0.590. The summed E-state index contributed by atoms with van der Waals surface area (Å²) in [6.07, 6.45) is 0. The normalized spacial score (nSPS) is 13.6. The lowest BCUT2D eigenvalue weighted by Gasteiger charge is -2.42. The van der Waals surface area contributed by atoms with Crippen molar-refractivity contribution in [2.75, 3.05) is 4.90 Å². The number of furan rings is 1. The highest BCUT2D eigenvalue weighted by molar-refractivity contribution is 7.26. The Balaban J connectivity index is 1.21. The first kappa shape index (κ1) is 42.5. The SMILES string of the molecule is CC(C)(C)c1cccc(-c2cccc(-c3cccc(C(C)(C)C)c3)c2N2c3cc4c(cc3B3c5c2cc(C(C)(C)C)cc5-n2c5ccccc5c5cc6c(oc7ccccc76)c3c52)sc2ccccc24)c1. The van der Waals surface area contributed by atoms with Gasteiger partial charge in [-0.3, -0.25) is 0 Å². The van der Waals surface area contributed by atoms with Gasteiger partial charge in [0.2, 0.25) is 0 Å². The van der Waals surface area contributed by atoms with Gasteiger partial charge in [-0.1, -0.05) is 184 Å². The minimum absolute atomic E-state index is 0.0360. The van der Waals surface area contributed by atoms with Crippen LogP contribution in [-0.4, -0.2) is 11.3 Å². The van der Waals surface area contributed by atoms with E-state index in [9.17, 15) is 0 Å². The number of rotatable bonds is 3. The standard InChI is InChI=1S/C66H55BN2OS/c1-64(2,3)40-21-16-19-38(31-40)43-26-18-27-44(39-20-17-22-41(32-39)65(4,5)6)61(43)69-53-36-48-47-25-12-15-30-57(47)71-58(48)37-51(53)67-59-54(33-42(34-55(59)69)66(7,8)9)68-52-28-13-10-23-45(52)49-35-50-46-24-11-14-29-56(46)70-63(50)60(67)62(49)68/h10-37H,1-9H3. The molecule has 9 aromatic carbocycles. The van der Waals surface area contributed by atoms with Crippen LogP contribution in [0.2, 0.25) is 0 Å². The van der Waals surface area contributed by atoms with E-state index in [2.05, 4.69) is 242 Å². The van der Waals surface area contributed by atoms with Crippen LogP contribution < -0.4 is 21.3 Å². The van der Waals surface area contributed by atoms with Crippen LogP contribution >= 0.6 is 11.3 Å². The third-order valence-electron chi connectivity index (χ3n) is 15.8. The second-order valence-corrected chi connectivity index (χ2v) is 24.4. The van der Waals surface area contributed by atoms with E-state index in [1.165, 1.54) is 125 Å². The average molecular weight is 935 g/mol. The van der Waals surface area contributed by atoms with Gasteiger partial charge in [-0.2, -0.15) is 0 Å². The number of hydrogen-bond acceptors (Lipinski definition) is 3. The summed E-state index contributed by atoms with van der Waals surface area (Å²) in [7, 11) is 0. The lowest BCUT2D eigenvalue weighted by Crippen LogP contribution is -2.60. The molecule has 0 unspecified atom stereocenters. The number of thiophene rings is 1. The summed E-state index contributed by atoms with van der Waals surface area (Å²) in [5, 5.41) is 7.41. The molecule has 2 aliphatic heterocycles. The predicted octanol–water partition coefficient (Wildman–Crippen LogP) is 16.9. The van der Waals surface area contributed by atoms with Gasteiger partial charge >= 0.3 is 0 Å². The largest absolute Gasteiger partial charge is 0.457 e. The maximum Gasteiger partial charge on any atom is 0.257 e. The van der Waals surface area contributed by atoms with Gasteiger partial charge in [0.1, 0.15) is 11.2 Å². The molecule has 0 spiro atoms. The van der Waals surface area contributed by atoms with E-state index in [0.717, 1.165) is 16.6 Å². The Labute approximate surface area is 420 Å². The average Bonchev–Trinajstić information content (AvgIpc) is 4.03. The molecule has 71 heavy (non-hydrogen) atoms. The van der Waals surface area contributed by atoms with E-state index in [1.54, 1.807) is 0 Å². The summed E-state index contributed by atoms with van der Waals surface area (Å²) >= 11 is 1.90. The Kier molecular flexibility index (Phi) is 8.76. The Hall–Kier alpha value is -7.34. The van der Waals surface area contributed by atoms with Crippen LogP contribution in [-0.2, 0) is 16.2 Å². The van der Waals surface area contributed by atoms with Gasteiger partial charge in [0, 0.05) is 69.9 Å². The molecule has 0 fully saturated rings. The second kappa shape index (κ2) is 14.6. The van der Waals surface area contributed by atoms with Crippen LogP contribution in [0.1, 0.15) is 79.0 Å². The Morgan fingerprint density at radius 1 is 0.437 bits per heavy atom. The third kappa shape index (κ3) is 6.15. The van der Waals surface area contributed by atoms with Crippen LogP contribution in [0, 0.1) is 0 Å². The van der Waals surface area contributed by atoms with Gasteiger partial charge in [0.15, 0.2) is 0 Å². The molecule has 14 rings (SSSR count). The molecule has 12 aromatic rings. The number of aromatic nitrogens is 1. The van der Waals surface area contributed by atoms with Crippen molar-refractivity contribution in [2.45, 2.75) is 78.6 Å². The summed E-state index contributed by atoms with van der Waals surface area (Å²) in [4.78, 5) is 2.70. The molecule has 3 aromatic heterocycles. The topological polar surface area (TPSA) is 21.3 Å². The molecule has 344 valence electrons. The van der Waals surface area contributed by atoms with Gasteiger partial charge in [-0.15, -0.1) is 11.3 Å². The number of anilines is 3. The van der Waals surface area contributed by atoms with E-state index in [1.807, 2.05) is 11.3 Å². The fourth-order valence-electron chi connectivity index (χ4n) is 12.2. The maximum atomic E-state index is 7.23. The summed E-state index contributed by atoms with van der Waals surface area (Å²) < 4.78 is 12.4. The molecule has 0 radical (unpaired) electrons. The van der Waals surface area contributed by atoms with Gasteiger partial charge in [-0.05, 0) is 109 Å². The maximum absolute atomic E-state index is 7.23. The number of benzene rings is 9. The zero-order valence-electron chi connectivity index (χ0n) is 42.0. The van der Waals surface area contributed by atoms with E-state index in [0.29, 0.717) is 0 Å². The minimum atomic E-state index is -0.171. The van der Waals surface area contributed by atoms with Crippen LogP contribution in [0.4, 0.5) is 17.1 Å². The Morgan fingerprint density at radius 3 is 1.73 bits per heavy atom. The van der Waals surface area contributed by atoms with Crippen molar-refractivity contribution in [3.63, 3.8) is 0 Å². The highest BCUT2D eigenvalue weighted by Gasteiger charge is 2.46. The first-order valence-corrected chi connectivity index (χ1v) is 26.1. The number of fused-ring (bicyclic) bond motifs is 14. The van der Waals surface area contributed by atoms with Crippen molar-refractivity contribution in [1.29, 1.82) is 0 Å². The highest BCUT2D eigenvalue weighted by Crippen LogP contribution is 2.52. The Morgan fingerprint density at radius 2 is 1.04 bits per heavy atom. The number of para-hydroxylation sites is 3. The molecular weight excluding hydrogens is 880 g/mol. The molecule has 5 heterocycles. The molecular formula is C66H55BN2OS. The first-order chi connectivity index (χ1) is 34.1.